The zero-order valence-corrected chi connectivity index (χ0v) is 16.9. The van der Waals surface area contributed by atoms with Crippen molar-refractivity contribution in [2.75, 3.05) is 44.4 Å². The van der Waals surface area contributed by atoms with Gasteiger partial charge in [-0.2, -0.15) is 5.10 Å². The van der Waals surface area contributed by atoms with Gasteiger partial charge in [0, 0.05) is 38.8 Å². The molecule has 0 aliphatic carbocycles. The molecular weight excluding hydrogens is 402 g/mol. The molecule has 0 radical (unpaired) electrons. The minimum atomic E-state index is -0.328. The van der Waals surface area contributed by atoms with Crippen molar-refractivity contribution < 1.29 is 19.1 Å². The number of nitrogens with zero attached hydrogens (tertiary/aromatic N) is 6. The van der Waals surface area contributed by atoms with E-state index >= 15 is 0 Å². The normalized spacial score (nSPS) is 15.4. The first-order valence-electron chi connectivity index (χ1n) is 9.93. The van der Waals surface area contributed by atoms with Crippen LogP contribution in [0.4, 0.5) is 5.82 Å². The summed E-state index contributed by atoms with van der Waals surface area (Å²) < 4.78 is 12.2. The molecule has 0 bridgehead atoms. The quantitative estimate of drug-likeness (QED) is 0.632. The Hall–Kier alpha value is -3.89. The van der Waals surface area contributed by atoms with Crippen molar-refractivity contribution in [3.8, 4) is 11.5 Å². The van der Waals surface area contributed by atoms with Gasteiger partial charge in [-0.25, -0.2) is 9.97 Å². The topological polar surface area (TPSA) is 115 Å². The predicted octanol–water partition coefficient (Wildman–Crippen LogP) is 0.171. The first-order valence-corrected chi connectivity index (χ1v) is 9.93. The molecule has 3 aromatic rings. The van der Waals surface area contributed by atoms with E-state index < -0.39 is 0 Å². The van der Waals surface area contributed by atoms with Gasteiger partial charge >= 0.3 is 0 Å². The molecule has 4 heterocycles. The van der Waals surface area contributed by atoms with E-state index in [0.717, 1.165) is 16.9 Å². The van der Waals surface area contributed by atoms with Crippen LogP contribution in [0.5, 0.6) is 11.5 Å². The number of benzene rings is 1. The lowest BCUT2D eigenvalue weighted by atomic mass is 10.2. The first-order chi connectivity index (χ1) is 15.1. The number of ether oxygens (including phenoxy) is 2. The van der Waals surface area contributed by atoms with Crippen LogP contribution in [0.15, 0.2) is 30.7 Å². The number of aryl methyl sites for hydroxylation is 1. The van der Waals surface area contributed by atoms with Gasteiger partial charge in [-0.1, -0.05) is 0 Å². The Balaban J connectivity index is 1.16. The zero-order valence-electron chi connectivity index (χ0n) is 16.9. The van der Waals surface area contributed by atoms with Gasteiger partial charge in [0.1, 0.15) is 12.1 Å². The van der Waals surface area contributed by atoms with Gasteiger partial charge in [0.15, 0.2) is 17.1 Å². The van der Waals surface area contributed by atoms with Gasteiger partial charge < -0.3 is 24.6 Å². The monoisotopic (exact) mass is 423 g/mol. The fraction of sp³-hybridized carbons (Fsp3) is 0.350. The molecular formula is C20H21N7O4. The molecule has 11 heteroatoms. The van der Waals surface area contributed by atoms with Crippen LogP contribution in [0.2, 0.25) is 0 Å². The number of piperazine rings is 1. The third-order valence-corrected chi connectivity index (χ3v) is 5.48. The fourth-order valence-corrected chi connectivity index (χ4v) is 3.78. The Labute approximate surface area is 177 Å². The van der Waals surface area contributed by atoms with Crippen LogP contribution >= 0.6 is 0 Å². The van der Waals surface area contributed by atoms with Crippen molar-refractivity contribution in [3.63, 3.8) is 0 Å². The number of nitrogens with one attached hydrogen (secondary N) is 1. The Bertz CT molecular complexity index is 1150. The van der Waals surface area contributed by atoms with Gasteiger partial charge in [-0.05, 0) is 18.2 Å². The van der Waals surface area contributed by atoms with Crippen LogP contribution in [0.3, 0.4) is 0 Å². The standard InChI is InChI=1S/C20H21N7O4/c1-25-18-14(9-24-25)19(23-11-22-18)27-6-4-26(5-7-27)17(28)10-21-20(29)13-2-3-15-16(8-13)31-12-30-15/h2-3,8-9,11H,4-7,10,12H2,1H3,(H,21,29). The van der Waals surface area contributed by atoms with E-state index in [1.807, 2.05) is 7.05 Å². The Kier molecular flexibility index (Phi) is 4.77. The van der Waals surface area contributed by atoms with Gasteiger partial charge in [0.25, 0.3) is 5.91 Å². The maximum Gasteiger partial charge on any atom is 0.251 e. The molecule has 2 aromatic heterocycles. The van der Waals surface area contributed by atoms with Crippen LogP contribution < -0.4 is 19.7 Å². The molecule has 0 atom stereocenters. The number of anilines is 1. The summed E-state index contributed by atoms with van der Waals surface area (Å²) >= 11 is 0. The van der Waals surface area contributed by atoms with Crippen LogP contribution in [0.25, 0.3) is 11.0 Å². The molecule has 0 spiro atoms. The van der Waals surface area contributed by atoms with E-state index in [1.165, 1.54) is 6.33 Å². The van der Waals surface area contributed by atoms with Gasteiger partial charge in [0.05, 0.1) is 18.1 Å². The summed E-state index contributed by atoms with van der Waals surface area (Å²) in [4.78, 5) is 37.5. The van der Waals surface area contributed by atoms with Gasteiger partial charge in [-0.15, -0.1) is 0 Å². The molecule has 0 saturated carbocycles. The molecule has 2 aliphatic rings. The molecule has 2 amide bonds. The first kappa shape index (κ1) is 19.1. The highest BCUT2D eigenvalue weighted by molar-refractivity contribution is 5.97. The summed E-state index contributed by atoms with van der Waals surface area (Å²) in [5.74, 6) is 1.51. The van der Waals surface area contributed by atoms with Crippen molar-refractivity contribution >= 4 is 28.7 Å². The Morgan fingerprint density at radius 1 is 1.10 bits per heavy atom. The third kappa shape index (κ3) is 3.58. The van der Waals surface area contributed by atoms with Gasteiger partial charge in [0.2, 0.25) is 12.7 Å². The van der Waals surface area contributed by atoms with Crippen LogP contribution in [-0.2, 0) is 11.8 Å². The van der Waals surface area contributed by atoms with E-state index in [2.05, 4.69) is 25.3 Å². The Morgan fingerprint density at radius 2 is 1.90 bits per heavy atom. The highest BCUT2D eigenvalue weighted by Gasteiger charge is 2.24. The lowest BCUT2D eigenvalue weighted by Crippen LogP contribution is -2.51. The van der Waals surface area contributed by atoms with Crippen molar-refractivity contribution in [2.24, 2.45) is 7.05 Å². The number of amides is 2. The minimum absolute atomic E-state index is 0.0619. The van der Waals surface area contributed by atoms with Crippen LogP contribution in [-0.4, -0.2) is 76.0 Å². The fourth-order valence-electron chi connectivity index (χ4n) is 3.78. The highest BCUT2D eigenvalue weighted by atomic mass is 16.7. The second-order valence-electron chi connectivity index (χ2n) is 7.32. The average Bonchev–Trinajstić information content (AvgIpc) is 3.43. The molecule has 11 nitrogen and oxygen atoms in total. The van der Waals surface area contributed by atoms with Crippen molar-refractivity contribution in [1.29, 1.82) is 0 Å². The summed E-state index contributed by atoms with van der Waals surface area (Å²) in [6.45, 7) is 2.46. The second kappa shape index (κ2) is 7.74. The summed E-state index contributed by atoms with van der Waals surface area (Å²) in [7, 11) is 1.84. The van der Waals surface area contributed by atoms with E-state index in [9.17, 15) is 9.59 Å². The summed E-state index contributed by atoms with van der Waals surface area (Å²) in [5.41, 5.74) is 1.20. The van der Waals surface area contributed by atoms with E-state index in [-0.39, 0.29) is 25.2 Å². The lowest BCUT2D eigenvalue weighted by molar-refractivity contribution is -0.130. The number of hydrogen-bond donors (Lipinski definition) is 1. The number of aromatic nitrogens is 4. The SMILES string of the molecule is Cn1ncc2c(N3CCN(C(=O)CNC(=O)c4ccc5c(c4)OCO5)CC3)ncnc21. The molecule has 1 saturated heterocycles. The van der Waals surface area contributed by atoms with Gasteiger partial charge in [-0.3, -0.25) is 14.3 Å². The summed E-state index contributed by atoms with van der Waals surface area (Å²) in [6.07, 6.45) is 3.29. The maximum atomic E-state index is 12.6. The molecule has 31 heavy (non-hydrogen) atoms. The molecule has 2 aliphatic heterocycles. The lowest BCUT2D eigenvalue weighted by Gasteiger charge is -2.35. The maximum absolute atomic E-state index is 12.6. The number of carbonyl (C=O) groups excluding carboxylic acids is 2. The molecule has 1 aromatic carbocycles. The highest BCUT2D eigenvalue weighted by Crippen LogP contribution is 2.32. The predicted molar refractivity (Wildman–Crippen MR) is 110 cm³/mol. The molecule has 1 fully saturated rings. The summed E-state index contributed by atoms with van der Waals surface area (Å²) in [5, 5.41) is 7.82. The van der Waals surface area contributed by atoms with Crippen LogP contribution in [0.1, 0.15) is 10.4 Å². The number of hydrogen-bond acceptors (Lipinski definition) is 8. The third-order valence-electron chi connectivity index (χ3n) is 5.48. The molecule has 1 N–H and O–H groups in total. The van der Waals surface area contributed by atoms with Crippen LogP contribution in [0, 0.1) is 0 Å². The average molecular weight is 423 g/mol. The van der Waals surface area contributed by atoms with E-state index in [4.69, 9.17) is 9.47 Å². The molecule has 5 rings (SSSR count). The number of carbonyl (C=O) groups is 2. The molecule has 0 unspecified atom stereocenters. The van der Waals surface area contributed by atoms with Crippen molar-refractivity contribution in [1.82, 2.24) is 30.0 Å². The largest absolute Gasteiger partial charge is 0.454 e. The van der Waals surface area contributed by atoms with E-state index in [0.29, 0.717) is 43.2 Å². The minimum Gasteiger partial charge on any atom is -0.454 e. The van der Waals surface area contributed by atoms with E-state index in [1.54, 1.807) is 34.0 Å². The zero-order chi connectivity index (χ0) is 21.4. The number of fused-ring (bicyclic) bond motifs is 2. The number of rotatable bonds is 4. The smallest absolute Gasteiger partial charge is 0.251 e. The van der Waals surface area contributed by atoms with Crippen molar-refractivity contribution in [3.05, 3.63) is 36.3 Å². The Morgan fingerprint density at radius 3 is 2.74 bits per heavy atom. The summed E-state index contributed by atoms with van der Waals surface area (Å²) in [6, 6.07) is 4.94. The second-order valence-corrected chi connectivity index (χ2v) is 7.32. The molecule has 160 valence electrons. The van der Waals surface area contributed by atoms with Crippen molar-refractivity contribution in [2.45, 2.75) is 0 Å².